The standard InChI is InChI=1S/C16H27N/c1-3-5-7-11-15-17(14-6-4-2)16-12-9-8-10-13-16/h8-10,12-13H,3-7,11,14-15H2,1-2H3. The van der Waals surface area contributed by atoms with Gasteiger partial charge >= 0.3 is 0 Å². The number of hydrogen-bond donors (Lipinski definition) is 0. The fraction of sp³-hybridized carbons (Fsp3) is 0.625. The van der Waals surface area contributed by atoms with Crippen LogP contribution in [0.25, 0.3) is 0 Å². The van der Waals surface area contributed by atoms with Gasteiger partial charge in [0, 0.05) is 18.8 Å². The second-order valence-corrected chi connectivity index (χ2v) is 4.74. The second-order valence-electron chi connectivity index (χ2n) is 4.74. The van der Waals surface area contributed by atoms with E-state index in [0.29, 0.717) is 0 Å². The molecule has 0 amide bonds. The average Bonchev–Trinajstić information content (AvgIpc) is 2.39. The molecule has 0 radical (unpaired) electrons. The molecule has 0 saturated carbocycles. The third kappa shape index (κ3) is 5.76. The average molecular weight is 233 g/mol. The Morgan fingerprint density at radius 1 is 0.765 bits per heavy atom. The first-order valence-corrected chi connectivity index (χ1v) is 7.18. The van der Waals surface area contributed by atoms with E-state index in [4.69, 9.17) is 0 Å². The summed E-state index contributed by atoms with van der Waals surface area (Å²) in [6.45, 7) is 6.95. The molecule has 1 aromatic rings. The number of para-hydroxylation sites is 1. The van der Waals surface area contributed by atoms with Gasteiger partial charge in [-0.25, -0.2) is 0 Å². The van der Waals surface area contributed by atoms with Gasteiger partial charge in [0.05, 0.1) is 0 Å². The third-order valence-electron chi connectivity index (χ3n) is 3.18. The van der Waals surface area contributed by atoms with Crippen molar-refractivity contribution < 1.29 is 0 Å². The molecular weight excluding hydrogens is 206 g/mol. The minimum absolute atomic E-state index is 1.20. The third-order valence-corrected chi connectivity index (χ3v) is 3.18. The summed E-state index contributed by atoms with van der Waals surface area (Å²) in [6.07, 6.45) is 7.95. The maximum atomic E-state index is 2.54. The molecule has 0 unspecified atom stereocenters. The Kier molecular flexibility index (Phi) is 7.53. The number of nitrogens with zero attached hydrogens (tertiary/aromatic N) is 1. The van der Waals surface area contributed by atoms with Gasteiger partial charge in [0.2, 0.25) is 0 Å². The molecule has 1 heteroatoms. The molecule has 0 aliphatic rings. The van der Waals surface area contributed by atoms with Gasteiger partial charge in [-0.3, -0.25) is 0 Å². The fourth-order valence-corrected chi connectivity index (χ4v) is 2.09. The summed E-state index contributed by atoms with van der Waals surface area (Å²) in [4.78, 5) is 2.54. The summed E-state index contributed by atoms with van der Waals surface area (Å²) in [7, 11) is 0. The molecule has 1 nitrogen and oxygen atoms in total. The van der Waals surface area contributed by atoms with Gasteiger partial charge < -0.3 is 4.90 Å². The van der Waals surface area contributed by atoms with Crippen LogP contribution in [0.2, 0.25) is 0 Å². The lowest BCUT2D eigenvalue weighted by atomic mass is 10.2. The molecule has 0 saturated heterocycles. The number of rotatable bonds is 9. The molecule has 0 fully saturated rings. The van der Waals surface area contributed by atoms with Crippen molar-refractivity contribution in [1.82, 2.24) is 0 Å². The Morgan fingerprint density at radius 2 is 1.41 bits per heavy atom. The highest BCUT2D eigenvalue weighted by Gasteiger charge is 2.04. The van der Waals surface area contributed by atoms with Crippen molar-refractivity contribution in [3.8, 4) is 0 Å². The van der Waals surface area contributed by atoms with Gasteiger partial charge in [0.1, 0.15) is 0 Å². The summed E-state index contributed by atoms with van der Waals surface area (Å²) in [5, 5.41) is 0. The Labute approximate surface area is 107 Å². The minimum Gasteiger partial charge on any atom is -0.372 e. The van der Waals surface area contributed by atoms with Crippen molar-refractivity contribution >= 4 is 5.69 Å². The van der Waals surface area contributed by atoms with Crippen LogP contribution in [0.3, 0.4) is 0 Å². The quantitative estimate of drug-likeness (QED) is 0.550. The number of unbranched alkanes of at least 4 members (excludes halogenated alkanes) is 4. The summed E-state index contributed by atoms with van der Waals surface area (Å²) < 4.78 is 0. The van der Waals surface area contributed by atoms with Crippen LogP contribution in [0.4, 0.5) is 5.69 Å². The van der Waals surface area contributed by atoms with Crippen LogP contribution in [0.1, 0.15) is 52.4 Å². The highest BCUT2D eigenvalue weighted by molar-refractivity contribution is 5.45. The van der Waals surface area contributed by atoms with Crippen LogP contribution in [-0.2, 0) is 0 Å². The van der Waals surface area contributed by atoms with Crippen LogP contribution in [-0.4, -0.2) is 13.1 Å². The van der Waals surface area contributed by atoms with E-state index >= 15 is 0 Å². The van der Waals surface area contributed by atoms with Crippen molar-refractivity contribution in [3.63, 3.8) is 0 Å². The lowest BCUT2D eigenvalue weighted by Gasteiger charge is -2.24. The summed E-state index contributed by atoms with van der Waals surface area (Å²) >= 11 is 0. The van der Waals surface area contributed by atoms with Crippen LogP contribution in [0.5, 0.6) is 0 Å². The molecule has 0 spiro atoms. The first-order chi connectivity index (χ1) is 8.38. The molecule has 96 valence electrons. The van der Waals surface area contributed by atoms with E-state index in [9.17, 15) is 0 Å². The number of benzene rings is 1. The normalized spacial score (nSPS) is 10.5. The molecule has 17 heavy (non-hydrogen) atoms. The molecule has 0 atom stereocenters. The molecule has 0 aliphatic heterocycles. The Morgan fingerprint density at radius 3 is 2.06 bits per heavy atom. The predicted octanol–water partition coefficient (Wildman–Crippen LogP) is 4.87. The van der Waals surface area contributed by atoms with E-state index in [1.54, 1.807) is 0 Å². The fourth-order valence-electron chi connectivity index (χ4n) is 2.09. The monoisotopic (exact) mass is 233 g/mol. The molecule has 1 rings (SSSR count). The summed E-state index contributed by atoms with van der Waals surface area (Å²) in [5.41, 5.74) is 1.39. The van der Waals surface area contributed by atoms with Gasteiger partial charge in [-0.05, 0) is 25.0 Å². The first kappa shape index (κ1) is 14.1. The van der Waals surface area contributed by atoms with E-state index in [0.717, 1.165) is 0 Å². The summed E-state index contributed by atoms with van der Waals surface area (Å²) in [6, 6.07) is 10.8. The van der Waals surface area contributed by atoms with Crippen molar-refractivity contribution in [2.45, 2.75) is 52.4 Å². The Bertz CT molecular complexity index is 268. The number of hydrogen-bond acceptors (Lipinski definition) is 1. The maximum absolute atomic E-state index is 2.54. The van der Waals surface area contributed by atoms with Gasteiger partial charge in [-0.15, -0.1) is 0 Å². The van der Waals surface area contributed by atoms with Gasteiger partial charge in [-0.2, -0.15) is 0 Å². The van der Waals surface area contributed by atoms with E-state index in [1.165, 1.54) is 57.3 Å². The van der Waals surface area contributed by atoms with Crippen LogP contribution in [0.15, 0.2) is 30.3 Å². The Hall–Kier alpha value is -0.980. The molecule has 0 bridgehead atoms. The van der Waals surface area contributed by atoms with Crippen LogP contribution < -0.4 is 4.90 Å². The highest BCUT2D eigenvalue weighted by atomic mass is 15.1. The zero-order valence-corrected chi connectivity index (χ0v) is 11.5. The van der Waals surface area contributed by atoms with E-state index < -0.39 is 0 Å². The molecule has 0 aromatic heterocycles. The van der Waals surface area contributed by atoms with Gasteiger partial charge in [0.25, 0.3) is 0 Å². The van der Waals surface area contributed by atoms with Crippen molar-refractivity contribution in [1.29, 1.82) is 0 Å². The first-order valence-electron chi connectivity index (χ1n) is 7.18. The van der Waals surface area contributed by atoms with Gasteiger partial charge in [0.15, 0.2) is 0 Å². The topological polar surface area (TPSA) is 3.24 Å². The Balaban J connectivity index is 2.43. The van der Waals surface area contributed by atoms with Gasteiger partial charge in [-0.1, -0.05) is 57.7 Å². The molecule has 0 N–H and O–H groups in total. The SMILES string of the molecule is CCCCCCN(CCCC)c1ccccc1. The van der Waals surface area contributed by atoms with Crippen molar-refractivity contribution in [2.24, 2.45) is 0 Å². The molecular formula is C16H27N. The van der Waals surface area contributed by atoms with E-state index in [-0.39, 0.29) is 0 Å². The smallest absolute Gasteiger partial charge is 0.0366 e. The number of anilines is 1. The highest BCUT2D eigenvalue weighted by Crippen LogP contribution is 2.15. The van der Waals surface area contributed by atoms with E-state index in [1.807, 2.05) is 0 Å². The molecule has 0 heterocycles. The minimum atomic E-state index is 1.20. The van der Waals surface area contributed by atoms with Crippen molar-refractivity contribution in [3.05, 3.63) is 30.3 Å². The van der Waals surface area contributed by atoms with Crippen molar-refractivity contribution in [2.75, 3.05) is 18.0 Å². The second kappa shape index (κ2) is 9.09. The largest absolute Gasteiger partial charge is 0.372 e. The van der Waals surface area contributed by atoms with E-state index in [2.05, 4.69) is 49.1 Å². The lowest BCUT2D eigenvalue weighted by molar-refractivity contribution is 0.630. The maximum Gasteiger partial charge on any atom is 0.0366 e. The zero-order valence-electron chi connectivity index (χ0n) is 11.5. The van der Waals surface area contributed by atoms with Crippen LogP contribution >= 0.6 is 0 Å². The predicted molar refractivity (Wildman–Crippen MR) is 77.7 cm³/mol. The van der Waals surface area contributed by atoms with Crippen LogP contribution in [0, 0.1) is 0 Å². The molecule has 0 aliphatic carbocycles. The lowest BCUT2D eigenvalue weighted by Crippen LogP contribution is -2.25. The molecule has 1 aromatic carbocycles. The zero-order chi connectivity index (χ0) is 12.3. The summed E-state index contributed by atoms with van der Waals surface area (Å²) in [5.74, 6) is 0.